The first kappa shape index (κ1) is 15.4. The van der Waals surface area contributed by atoms with Crippen LogP contribution in [0.3, 0.4) is 0 Å². The van der Waals surface area contributed by atoms with E-state index in [2.05, 4.69) is 0 Å². The maximum atomic E-state index is 12.1. The minimum atomic E-state index is -3.63. The highest BCUT2D eigenvalue weighted by atomic mass is 32.2. The summed E-state index contributed by atoms with van der Waals surface area (Å²) in [5.74, 6) is -1.34. The molecule has 1 aliphatic rings. The fourth-order valence-corrected chi connectivity index (χ4v) is 3.38. The maximum absolute atomic E-state index is 12.1. The molecule has 1 N–H and O–H groups in total. The fraction of sp³-hybridized carbons (Fsp3) is 0.900. The van der Waals surface area contributed by atoms with Crippen molar-refractivity contribution < 1.29 is 27.8 Å². The molecule has 8 heteroatoms. The van der Waals surface area contributed by atoms with Crippen molar-refractivity contribution in [1.29, 1.82) is 0 Å². The van der Waals surface area contributed by atoms with Gasteiger partial charge in [0, 0.05) is 20.3 Å². The van der Waals surface area contributed by atoms with E-state index in [4.69, 9.17) is 14.6 Å². The first-order chi connectivity index (χ1) is 8.45. The van der Waals surface area contributed by atoms with Crippen LogP contribution in [0.1, 0.15) is 12.8 Å². The maximum Gasteiger partial charge on any atom is 0.318 e. The molecule has 1 saturated heterocycles. The van der Waals surface area contributed by atoms with Crippen molar-refractivity contribution in [1.82, 2.24) is 4.31 Å². The number of hydrogen-bond acceptors (Lipinski definition) is 5. The van der Waals surface area contributed by atoms with Crippen LogP contribution in [0.5, 0.6) is 0 Å². The molecule has 1 atom stereocenters. The van der Waals surface area contributed by atoms with Crippen molar-refractivity contribution in [2.24, 2.45) is 0 Å². The van der Waals surface area contributed by atoms with Gasteiger partial charge in [-0.05, 0) is 12.8 Å². The van der Waals surface area contributed by atoms with Gasteiger partial charge in [-0.25, -0.2) is 8.42 Å². The van der Waals surface area contributed by atoms with E-state index >= 15 is 0 Å². The fourth-order valence-electron chi connectivity index (χ4n) is 1.78. The van der Waals surface area contributed by atoms with Gasteiger partial charge in [-0.1, -0.05) is 0 Å². The lowest BCUT2D eigenvalue weighted by Gasteiger charge is -2.21. The molecule has 0 radical (unpaired) electrons. The second kappa shape index (κ2) is 7.03. The molecule has 0 saturated carbocycles. The molecule has 0 aromatic carbocycles. The largest absolute Gasteiger partial charge is 0.480 e. The molecule has 0 bridgehead atoms. The molecule has 0 aromatic rings. The Morgan fingerprint density at radius 2 is 2.28 bits per heavy atom. The predicted octanol–water partition coefficient (Wildman–Crippen LogP) is -0.472. The number of methoxy groups -OCH3 is 1. The van der Waals surface area contributed by atoms with Crippen LogP contribution in [0.25, 0.3) is 0 Å². The van der Waals surface area contributed by atoms with E-state index in [1.807, 2.05) is 0 Å². The van der Waals surface area contributed by atoms with Crippen LogP contribution in [0.2, 0.25) is 0 Å². The van der Waals surface area contributed by atoms with Crippen LogP contribution in [0, 0.1) is 0 Å². The van der Waals surface area contributed by atoms with E-state index in [9.17, 15) is 13.2 Å². The van der Waals surface area contributed by atoms with Gasteiger partial charge in [-0.3, -0.25) is 4.79 Å². The van der Waals surface area contributed by atoms with Crippen LogP contribution in [-0.4, -0.2) is 69.1 Å². The third kappa shape index (κ3) is 4.89. The Morgan fingerprint density at radius 1 is 1.56 bits per heavy atom. The molecule has 1 rings (SSSR count). The van der Waals surface area contributed by atoms with Gasteiger partial charge >= 0.3 is 5.97 Å². The molecular weight excluding hydrogens is 262 g/mol. The lowest BCUT2D eigenvalue weighted by molar-refractivity contribution is -0.137. The molecule has 7 nitrogen and oxygen atoms in total. The number of rotatable bonds is 8. The molecule has 0 amide bonds. The summed E-state index contributed by atoms with van der Waals surface area (Å²) in [6.07, 6.45) is 1.22. The zero-order valence-corrected chi connectivity index (χ0v) is 11.2. The number of hydrogen-bond donors (Lipinski definition) is 1. The lowest BCUT2D eigenvalue weighted by Crippen LogP contribution is -2.41. The highest BCUT2D eigenvalue weighted by molar-refractivity contribution is 7.89. The molecule has 0 spiro atoms. The standard InChI is InChI=1S/C10H19NO6S/c1-16-6-4-11(7-10(12)13)18(14,15)8-9-3-2-5-17-9/h9H,2-8H2,1H3,(H,12,13). The second-order valence-electron chi connectivity index (χ2n) is 4.13. The summed E-state index contributed by atoms with van der Waals surface area (Å²) in [6, 6.07) is 0. The van der Waals surface area contributed by atoms with Crippen LogP contribution < -0.4 is 0 Å². The number of aliphatic carboxylic acids is 1. The SMILES string of the molecule is COCCN(CC(=O)O)S(=O)(=O)CC1CCCO1. The third-order valence-electron chi connectivity index (χ3n) is 2.67. The van der Waals surface area contributed by atoms with Crippen molar-refractivity contribution in [3.05, 3.63) is 0 Å². The Bertz CT molecular complexity index is 363. The first-order valence-corrected chi connectivity index (χ1v) is 7.37. The van der Waals surface area contributed by atoms with E-state index in [0.717, 1.165) is 10.7 Å². The molecule has 106 valence electrons. The topological polar surface area (TPSA) is 93.1 Å². The zero-order valence-electron chi connectivity index (χ0n) is 10.4. The molecular formula is C10H19NO6S. The van der Waals surface area contributed by atoms with E-state index in [-0.39, 0.29) is 25.0 Å². The molecule has 18 heavy (non-hydrogen) atoms. The number of sulfonamides is 1. The van der Waals surface area contributed by atoms with E-state index in [1.165, 1.54) is 7.11 Å². The molecule has 1 fully saturated rings. The summed E-state index contributed by atoms with van der Waals surface area (Å²) in [7, 11) is -2.19. The van der Waals surface area contributed by atoms with E-state index in [1.54, 1.807) is 0 Å². The number of nitrogens with zero attached hydrogens (tertiary/aromatic N) is 1. The van der Waals surface area contributed by atoms with Crippen molar-refractivity contribution in [2.75, 3.05) is 39.2 Å². The molecule has 1 aliphatic heterocycles. The minimum Gasteiger partial charge on any atom is -0.480 e. The number of carboxylic acid groups (broad SMARTS) is 1. The second-order valence-corrected chi connectivity index (χ2v) is 6.15. The van der Waals surface area contributed by atoms with Crippen LogP contribution >= 0.6 is 0 Å². The Hall–Kier alpha value is -0.700. The number of carbonyl (C=O) groups is 1. The van der Waals surface area contributed by atoms with Crippen molar-refractivity contribution in [3.8, 4) is 0 Å². The quantitative estimate of drug-likeness (QED) is 0.646. The van der Waals surface area contributed by atoms with Crippen molar-refractivity contribution in [2.45, 2.75) is 18.9 Å². The summed E-state index contributed by atoms with van der Waals surface area (Å²) < 4.78 is 35.1. The van der Waals surface area contributed by atoms with Gasteiger partial charge in [0.05, 0.1) is 18.5 Å². The average molecular weight is 281 g/mol. The van der Waals surface area contributed by atoms with Gasteiger partial charge in [-0.15, -0.1) is 0 Å². The average Bonchev–Trinajstić information content (AvgIpc) is 2.75. The van der Waals surface area contributed by atoms with Crippen LogP contribution in [0.4, 0.5) is 0 Å². The van der Waals surface area contributed by atoms with Crippen molar-refractivity contribution in [3.63, 3.8) is 0 Å². The molecule has 1 heterocycles. The number of ether oxygens (including phenoxy) is 2. The van der Waals surface area contributed by atoms with Gasteiger partial charge in [0.25, 0.3) is 0 Å². The van der Waals surface area contributed by atoms with Crippen LogP contribution in [0.15, 0.2) is 0 Å². The summed E-state index contributed by atoms with van der Waals surface area (Å²) in [4.78, 5) is 10.7. The van der Waals surface area contributed by atoms with E-state index in [0.29, 0.717) is 13.0 Å². The zero-order chi connectivity index (χ0) is 13.6. The minimum absolute atomic E-state index is 0.0395. The highest BCUT2D eigenvalue weighted by Gasteiger charge is 2.29. The summed E-state index contributed by atoms with van der Waals surface area (Å²) >= 11 is 0. The van der Waals surface area contributed by atoms with Crippen LogP contribution in [-0.2, 0) is 24.3 Å². The van der Waals surface area contributed by atoms with Gasteiger partial charge < -0.3 is 14.6 Å². The summed E-state index contributed by atoms with van der Waals surface area (Å²) in [5, 5.41) is 8.73. The van der Waals surface area contributed by atoms with Gasteiger partial charge in [0.1, 0.15) is 6.54 Å². The highest BCUT2D eigenvalue weighted by Crippen LogP contribution is 2.16. The summed E-state index contributed by atoms with van der Waals surface area (Å²) in [5.41, 5.74) is 0. The molecule has 0 aromatic heterocycles. The van der Waals surface area contributed by atoms with Gasteiger partial charge in [0.2, 0.25) is 10.0 Å². The molecule has 1 unspecified atom stereocenters. The van der Waals surface area contributed by atoms with Gasteiger partial charge in [0.15, 0.2) is 0 Å². The van der Waals surface area contributed by atoms with E-state index < -0.39 is 22.5 Å². The Balaban J connectivity index is 2.64. The van der Waals surface area contributed by atoms with Crippen molar-refractivity contribution >= 4 is 16.0 Å². The Morgan fingerprint density at radius 3 is 2.78 bits per heavy atom. The smallest absolute Gasteiger partial charge is 0.318 e. The molecule has 0 aliphatic carbocycles. The normalized spacial score (nSPS) is 20.4. The Labute approximate surface area is 107 Å². The predicted molar refractivity (Wildman–Crippen MR) is 63.8 cm³/mol. The summed E-state index contributed by atoms with van der Waals surface area (Å²) in [6.45, 7) is 0.228. The van der Waals surface area contributed by atoms with Gasteiger partial charge in [-0.2, -0.15) is 4.31 Å². The third-order valence-corrected chi connectivity index (χ3v) is 4.56. The number of carboxylic acids is 1. The monoisotopic (exact) mass is 281 g/mol. The first-order valence-electron chi connectivity index (χ1n) is 5.76. The Kier molecular flexibility index (Phi) is 6.00. The lowest BCUT2D eigenvalue weighted by atomic mass is 10.3.